The molecule has 152 valence electrons. The predicted octanol–water partition coefficient (Wildman–Crippen LogP) is 2.82. The number of aromatic nitrogens is 3. The number of nitrogens with zero attached hydrogens (tertiary/aromatic N) is 5. The van der Waals surface area contributed by atoms with Crippen LogP contribution in [0.3, 0.4) is 0 Å². The Labute approximate surface area is 175 Å². The van der Waals surface area contributed by atoms with Gasteiger partial charge in [0, 0.05) is 49.7 Å². The minimum atomic E-state index is 0.639. The van der Waals surface area contributed by atoms with Crippen LogP contribution >= 0.6 is 11.3 Å². The molecule has 0 spiro atoms. The van der Waals surface area contributed by atoms with Crippen LogP contribution in [0.1, 0.15) is 17.4 Å². The van der Waals surface area contributed by atoms with E-state index < -0.39 is 0 Å². The molecule has 3 aromatic rings. The molecule has 1 aliphatic heterocycles. The lowest BCUT2D eigenvalue weighted by Crippen LogP contribution is -2.52. The van der Waals surface area contributed by atoms with E-state index in [1.165, 1.54) is 11.2 Å². The Morgan fingerprint density at radius 1 is 1.21 bits per heavy atom. The van der Waals surface area contributed by atoms with Crippen molar-refractivity contribution in [3.63, 3.8) is 0 Å². The number of piperazine rings is 1. The van der Waals surface area contributed by atoms with Crippen LogP contribution in [0.5, 0.6) is 0 Å². The van der Waals surface area contributed by atoms with Crippen LogP contribution in [0.15, 0.2) is 53.1 Å². The standard InChI is InChI=1S/C21H27N7S/c1-2-22-21(28-10-8-27(9-11-28)15-19-7-4-12-29-19)23-14-17-5-3-6-18(13-17)20-24-16-25-26-20/h3-7,12-13,16H,2,8-11,14-15H2,1H3,(H,22,23)(H,24,25,26). The van der Waals surface area contributed by atoms with Gasteiger partial charge in [0.2, 0.25) is 0 Å². The highest BCUT2D eigenvalue weighted by Crippen LogP contribution is 2.17. The van der Waals surface area contributed by atoms with Crippen LogP contribution in [0, 0.1) is 0 Å². The lowest BCUT2D eigenvalue weighted by molar-refractivity contribution is 0.173. The summed E-state index contributed by atoms with van der Waals surface area (Å²) in [5.74, 6) is 1.78. The zero-order valence-electron chi connectivity index (χ0n) is 16.7. The summed E-state index contributed by atoms with van der Waals surface area (Å²) >= 11 is 1.84. The average Bonchev–Trinajstić information content (AvgIpc) is 3.46. The second kappa shape index (κ2) is 9.67. The van der Waals surface area contributed by atoms with Crippen LogP contribution in [0.4, 0.5) is 0 Å². The minimum Gasteiger partial charge on any atom is -0.357 e. The highest BCUT2D eigenvalue weighted by molar-refractivity contribution is 7.09. The van der Waals surface area contributed by atoms with Gasteiger partial charge in [-0.15, -0.1) is 11.3 Å². The van der Waals surface area contributed by atoms with E-state index in [4.69, 9.17) is 4.99 Å². The van der Waals surface area contributed by atoms with Gasteiger partial charge < -0.3 is 10.2 Å². The van der Waals surface area contributed by atoms with E-state index in [9.17, 15) is 0 Å². The van der Waals surface area contributed by atoms with E-state index in [1.807, 2.05) is 23.5 Å². The van der Waals surface area contributed by atoms with Gasteiger partial charge in [0.15, 0.2) is 11.8 Å². The summed E-state index contributed by atoms with van der Waals surface area (Å²) in [6.07, 6.45) is 1.53. The largest absolute Gasteiger partial charge is 0.357 e. The van der Waals surface area contributed by atoms with Crippen molar-refractivity contribution in [1.29, 1.82) is 0 Å². The summed E-state index contributed by atoms with van der Waals surface area (Å²) in [5.41, 5.74) is 2.19. The molecule has 1 aromatic carbocycles. The van der Waals surface area contributed by atoms with Crippen molar-refractivity contribution in [2.24, 2.45) is 4.99 Å². The van der Waals surface area contributed by atoms with Crippen LogP contribution in [-0.2, 0) is 13.1 Å². The van der Waals surface area contributed by atoms with E-state index in [0.717, 1.165) is 62.2 Å². The first-order valence-corrected chi connectivity index (χ1v) is 10.9. The Morgan fingerprint density at radius 2 is 2.10 bits per heavy atom. The van der Waals surface area contributed by atoms with E-state index >= 15 is 0 Å². The monoisotopic (exact) mass is 409 g/mol. The van der Waals surface area contributed by atoms with Crippen LogP contribution in [0.25, 0.3) is 11.4 Å². The van der Waals surface area contributed by atoms with Crippen molar-refractivity contribution in [2.45, 2.75) is 20.0 Å². The van der Waals surface area contributed by atoms with Gasteiger partial charge in [0.05, 0.1) is 6.54 Å². The lowest BCUT2D eigenvalue weighted by Gasteiger charge is -2.36. The van der Waals surface area contributed by atoms with E-state index in [2.05, 4.69) is 66.9 Å². The third-order valence-corrected chi connectivity index (χ3v) is 5.85. The van der Waals surface area contributed by atoms with Crippen LogP contribution in [-0.4, -0.2) is 63.7 Å². The molecule has 4 rings (SSSR count). The maximum atomic E-state index is 4.90. The fourth-order valence-electron chi connectivity index (χ4n) is 3.49. The fraction of sp³-hybridized carbons (Fsp3) is 0.381. The van der Waals surface area contributed by atoms with E-state index in [-0.39, 0.29) is 0 Å². The summed E-state index contributed by atoms with van der Waals surface area (Å²) < 4.78 is 0. The number of guanidine groups is 1. The highest BCUT2D eigenvalue weighted by atomic mass is 32.1. The molecule has 0 unspecified atom stereocenters. The molecule has 0 aliphatic carbocycles. The quantitative estimate of drug-likeness (QED) is 0.484. The van der Waals surface area contributed by atoms with Crippen molar-refractivity contribution >= 4 is 17.3 Å². The first-order chi connectivity index (χ1) is 14.3. The van der Waals surface area contributed by atoms with Crippen molar-refractivity contribution in [1.82, 2.24) is 30.3 Å². The van der Waals surface area contributed by atoms with Gasteiger partial charge in [0.25, 0.3) is 0 Å². The zero-order chi connectivity index (χ0) is 19.9. The van der Waals surface area contributed by atoms with E-state index in [0.29, 0.717) is 6.54 Å². The molecular weight excluding hydrogens is 382 g/mol. The molecule has 8 heteroatoms. The Kier molecular flexibility index (Phi) is 6.53. The number of benzene rings is 1. The number of aromatic amines is 1. The molecule has 0 saturated carbocycles. The molecule has 0 bridgehead atoms. The molecule has 0 radical (unpaired) electrons. The molecule has 29 heavy (non-hydrogen) atoms. The van der Waals surface area contributed by atoms with Crippen LogP contribution < -0.4 is 5.32 Å². The summed E-state index contributed by atoms with van der Waals surface area (Å²) in [6.45, 7) is 8.78. The van der Waals surface area contributed by atoms with Gasteiger partial charge in [-0.3, -0.25) is 10.00 Å². The van der Waals surface area contributed by atoms with Crippen molar-refractivity contribution < 1.29 is 0 Å². The fourth-order valence-corrected chi connectivity index (χ4v) is 4.24. The predicted molar refractivity (Wildman–Crippen MR) is 118 cm³/mol. The Bertz CT molecular complexity index is 897. The second-order valence-corrected chi connectivity index (χ2v) is 8.08. The molecular formula is C21H27N7S. The minimum absolute atomic E-state index is 0.639. The molecule has 1 fully saturated rings. The van der Waals surface area contributed by atoms with Crippen LogP contribution in [0.2, 0.25) is 0 Å². The molecule has 0 amide bonds. The van der Waals surface area contributed by atoms with Crippen molar-refractivity contribution in [3.8, 4) is 11.4 Å². The smallest absolute Gasteiger partial charge is 0.194 e. The van der Waals surface area contributed by atoms with Gasteiger partial charge in [-0.05, 0) is 30.0 Å². The maximum Gasteiger partial charge on any atom is 0.194 e. The molecule has 1 saturated heterocycles. The summed E-state index contributed by atoms with van der Waals surface area (Å²) in [4.78, 5) is 15.5. The normalized spacial score (nSPS) is 15.6. The summed E-state index contributed by atoms with van der Waals surface area (Å²) in [7, 11) is 0. The number of aliphatic imine (C=N–C) groups is 1. The first kappa shape index (κ1) is 19.6. The van der Waals surface area contributed by atoms with Gasteiger partial charge in [-0.25, -0.2) is 9.98 Å². The van der Waals surface area contributed by atoms with Gasteiger partial charge >= 0.3 is 0 Å². The average molecular weight is 410 g/mol. The number of thiophene rings is 1. The third-order valence-electron chi connectivity index (χ3n) is 4.99. The number of hydrogen-bond donors (Lipinski definition) is 2. The number of hydrogen-bond acceptors (Lipinski definition) is 5. The third kappa shape index (κ3) is 5.21. The Hall–Kier alpha value is -2.71. The van der Waals surface area contributed by atoms with Gasteiger partial charge in [-0.2, -0.15) is 5.10 Å². The van der Waals surface area contributed by atoms with Crippen molar-refractivity contribution in [2.75, 3.05) is 32.7 Å². The van der Waals surface area contributed by atoms with Gasteiger partial charge in [0.1, 0.15) is 6.33 Å². The molecule has 2 aromatic heterocycles. The van der Waals surface area contributed by atoms with Gasteiger partial charge in [-0.1, -0.05) is 24.3 Å². The number of nitrogens with one attached hydrogen (secondary N) is 2. The molecule has 2 N–H and O–H groups in total. The summed E-state index contributed by atoms with van der Waals surface area (Å²) in [5, 5.41) is 12.5. The Balaban J connectivity index is 1.37. The Morgan fingerprint density at radius 3 is 2.83 bits per heavy atom. The lowest BCUT2D eigenvalue weighted by atomic mass is 10.1. The zero-order valence-corrected chi connectivity index (χ0v) is 17.5. The topological polar surface area (TPSA) is 72.4 Å². The summed E-state index contributed by atoms with van der Waals surface area (Å²) in [6, 6.07) is 12.6. The SMILES string of the molecule is CCNC(=NCc1cccc(-c2ncn[nH]2)c1)N1CCN(Cc2cccs2)CC1. The number of H-pyrrole nitrogens is 1. The van der Waals surface area contributed by atoms with E-state index in [1.54, 1.807) is 0 Å². The molecule has 3 heterocycles. The number of rotatable bonds is 6. The highest BCUT2D eigenvalue weighted by Gasteiger charge is 2.19. The molecule has 1 aliphatic rings. The van der Waals surface area contributed by atoms with Crippen molar-refractivity contribution in [3.05, 3.63) is 58.5 Å². The first-order valence-electron chi connectivity index (χ1n) is 10.0. The molecule has 7 nitrogen and oxygen atoms in total. The second-order valence-electron chi connectivity index (χ2n) is 7.05. The maximum absolute atomic E-state index is 4.90. The molecule has 0 atom stereocenters.